The lowest BCUT2D eigenvalue weighted by atomic mass is 9.82. The Hall–Kier alpha value is -3.46. The summed E-state index contributed by atoms with van der Waals surface area (Å²) >= 11 is 0. The van der Waals surface area contributed by atoms with Crippen molar-refractivity contribution in [2.45, 2.75) is 25.1 Å². The summed E-state index contributed by atoms with van der Waals surface area (Å²) in [6.07, 6.45) is -3.59. The zero-order chi connectivity index (χ0) is 26.2. The summed E-state index contributed by atoms with van der Waals surface area (Å²) in [4.78, 5) is 17.7. The summed E-state index contributed by atoms with van der Waals surface area (Å²) < 4.78 is 67.8. The highest BCUT2D eigenvalue weighted by Crippen LogP contribution is 2.40. The molecule has 2 heterocycles. The van der Waals surface area contributed by atoms with E-state index in [4.69, 9.17) is 0 Å². The fourth-order valence-corrected chi connectivity index (χ4v) is 5.31. The van der Waals surface area contributed by atoms with Crippen LogP contribution in [0.5, 0.6) is 0 Å². The Bertz CT molecular complexity index is 1280. The fourth-order valence-electron chi connectivity index (χ4n) is 5.31. The Morgan fingerprint density at radius 3 is 2.49 bits per heavy atom. The predicted molar refractivity (Wildman–Crippen MR) is 131 cm³/mol. The van der Waals surface area contributed by atoms with Crippen LogP contribution in [0.3, 0.4) is 0 Å². The monoisotopic (exact) mass is 515 g/mol. The molecule has 1 fully saturated rings. The molecule has 0 aliphatic carbocycles. The highest BCUT2D eigenvalue weighted by molar-refractivity contribution is 5.94. The molecule has 194 valence electrons. The number of carbonyl (C=O) groups is 1. The van der Waals surface area contributed by atoms with Gasteiger partial charge in [-0.3, -0.25) is 9.69 Å². The van der Waals surface area contributed by atoms with Gasteiger partial charge in [0.2, 0.25) is 5.91 Å². The van der Waals surface area contributed by atoms with E-state index in [9.17, 15) is 26.7 Å². The van der Waals surface area contributed by atoms with Gasteiger partial charge >= 0.3 is 6.18 Å². The van der Waals surface area contributed by atoms with E-state index in [1.54, 1.807) is 0 Å². The van der Waals surface area contributed by atoms with Gasteiger partial charge < -0.3 is 10.2 Å². The number of anilines is 2. The van der Waals surface area contributed by atoms with E-state index in [1.807, 2.05) is 23.1 Å². The number of hydrogen-bond acceptors (Lipinski definition) is 3. The Labute approximate surface area is 211 Å². The van der Waals surface area contributed by atoms with Gasteiger partial charge in [-0.1, -0.05) is 30.3 Å². The molecule has 0 saturated carbocycles. The smallest absolute Gasteiger partial charge is 0.365 e. The molecule has 0 radical (unpaired) electrons. The molecule has 5 rings (SSSR count). The summed E-state index contributed by atoms with van der Waals surface area (Å²) in [5.74, 6) is -2.91. The van der Waals surface area contributed by atoms with Crippen molar-refractivity contribution in [3.8, 4) is 0 Å². The van der Waals surface area contributed by atoms with Crippen LogP contribution in [-0.2, 0) is 23.8 Å². The lowest BCUT2D eigenvalue weighted by Crippen LogP contribution is -2.60. The summed E-state index contributed by atoms with van der Waals surface area (Å²) in [6.45, 7) is 2.56. The second-order valence-corrected chi connectivity index (χ2v) is 9.56. The van der Waals surface area contributed by atoms with Crippen molar-refractivity contribution in [2.24, 2.45) is 5.92 Å². The molecule has 37 heavy (non-hydrogen) atoms. The van der Waals surface area contributed by atoms with E-state index >= 15 is 0 Å². The topological polar surface area (TPSA) is 35.6 Å². The van der Waals surface area contributed by atoms with Crippen LogP contribution in [0.2, 0.25) is 0 Å². The van der Waals surface area contributed by atoms with Gasteiger partial charge in [-0.25, -0.2) is 8.78 Å². The second kappa shape index (κ2) is 10.1. The van der Waals surface area contributed by atoms with Crippen LogP contribution in [0.4, 0.5) is 33.3 Å². The number of fused-ring (bicyclic) bond motifs is 3. The molecule has 2 aliphatic rings. The molecule has 1 N–H and O–H groups in total. The first kappa shape index (κ1) is 25.2. The number of halogens is 5. The van der Waals surface area contributed by atoms with E-state index < -0.39 is 35.2 Å². The molecule has 0 unspecified atom stereocenters. The van der Waals surface area contributed by atoms with Crippen LogP contribution in [0.15, 0.2) is 66.7 Å². The molecule has 0 bridgehead atoms. The number of nitrogens with zero attached hydrogens (tertiary/aromatic N) is 2. The summed E-state index contributed by atoms with van der Waals surface area (Å²) in [7, 11) is 0. The normalized spacial score (nSPS) is 19.8. The van der Waals surface area contributed by atoms with Crippen LogP contribution in [-0.4, -0.2) is 43.0 Å². The molecule has 1 saturated heterocycles. The molecule has 9 heteroatoms. The average molecular weight is 516 g/mol. The third-order valence-electron chi connectivity index (χ3n) is 7.21. The zero-order valence-electron chi connectivity index (χ0n) is 19.9. The van der Waals surface area contributed by atoms with Crippen LogP contribution in [0.25, 0.3) is 0 Å². The number of hydrogen-bond donors (Lipinski definition) is 1. The van der Waals surface area contributed by atoms with Crippen LogP contribution < -0.4 is 10.2 Å². The van der Waals surface area contributed by atoms with Crippen molar-refractivity contribution >= 4 is 17.3 Å². The lowest BCUT2D eigenvalue weighted by molar-refractivity contribution is -0.137. The van der Waals surface area contributed by atoms with Crippen molar-refractivity contribution in [3.63, 3.8) is 0 Å². The van der Waals surface area contributed by atoms with Crippen molar-refractivity contribution in [1.82, 2.24) is 4.90 Å². The minimum Gasteiger partial charge on any atom is -0.365 e. The lowest BCUT2D eigenvalue weighted by Gasteiger charge is -2.49. The average Bonchev–Trinajstić information content (AvgIpc) is 2.88. The minimum atomic E-state index is -4.50. The predicted octanol–water partition coefficient (Wildman–Crippen LogP) is 5.53. The minimum absolute atomic E-state index is 0.0849. The van der Waals surface area contributed by atoms with E-state index in [0.29, 0.717) is 37.0 Å². The zero-order valence-corrected chi connectivity index (χ0v) is 19.9. The number of nitrogens with one attached hydrogen (secondary N) is 1. The molecular weight excluding hydrogens is 489 g/mol. The first-order valence-electron chi connectivity index (χ1n) is 12.2. The molecule has 0 spiro atoms. The standard InChI is InChI=1S/C28H26F5N3O/c29-21-7-8-24(23(30)16-21)34-27(37)22-15-19-14-20(28(31,32)33)6-9-25(19)36-13-12-35(17-26(22)36)11-10-18-4-2-1-3-5-18/h1-9,14,16,22,26H,10-13,15,17H2,(H,34,37)/t22-,26-/m0/s1. The quantitative estimate of drug-likeness (QED) is 0.454. The van der Waals surface area contributed by atoms with Gasteiger partial charge in [0, 0.05) is 37.9 Å². The molecule has 2 aliphatic heterocycles. The van der Waals surface area contributed by atoms with Gasteiger partial charge in [-0.2, -0.15) is 13.2 Å². The molecule has 3 aromatic carbocycles. The van der Waals surface area contributed by atoms with E-state index in [2.05, 4.69) is 22.3 Å². The van der Waals surface area contributed by atoms with Gasteiger partial charge in [0.1, 0.15) is 11.6 Å². The summed E-state index contributed by atoms with van der Waals surface area (Å²) in [6, 6.07) is 16.3. The number of piperazine rings is 1. The third-order valence-corrected chi connectivity index (χ3v) is 7.21. The van der Waals surface area contributed by atoms with Crippen LogP contribution in [0.1, 0.15) is 16.7 Å². The van der Waals surface area contributed by atoms with Gasteiger partial charge in [-0.15, -0.1) is 0 Å². The maximum Gasteiger partial charge on any atom is 0.416 e. The van der Waals surface area contributed by atoms with Crippen LogP contribution in [0, 0.1) is 17.6 Å². The maximum absolute atomic E-state index is 14.3. The number of carbonyl (C=O) groups excluding carboxylic acids is 1. The number of rotatable bonds is 5. The van der Waals surface area contributed by atoms with Gasteiger partial charge in [0.15, 0.2) is 0 Å². The Balaban J connectivity index is 1.41. The number of benzene rings is 3. The first-order valence-corrected chi connectivity index (χ1v) is 12.2. The van der Waals surface area contributed by atoms with Crippen molar-refractivity contribution in [2.75, 3.05) is 36.4 Å². The molecule has 4 nitrogen and oxygen atoms in total. The SMILES string of the molecule is O=C(Nc1ccc(F)cc1F)[C@H]1Cc2cc(C(F)(F)F)ccc2N2CCN(CCc3ccccc3)C[C@@H]12. The molecule has 2 atom stereocenters. The van der Waals surface area contributed by atoms with Crippen molar-refractivity contribution < 1.29 is 26.7 Å². The Morgan fingerprint density at radius 1 is 0.973 bits per heavy atom. The summed E-state index contributed by atoms with van der Waals surface area (Å²) in [5, 5.41) is 2.54. The Kier molecular flexibility index (Phi) is 6.90. The first-order chi connectivity index (χ1) is 17.7. The Morgan fingerprint density at radius 2 is 1.76 bits per heavy atom. The van der Waals surface area contributed by atoms with E-state index in [-0.39, 0.29) is 18.2 Å². The van der Waals surface area contributed by atoms with Gasteiger partial charge in [-0.05, 0) is 54.3 Å². The largest absolute Gasteiger partial charge is 0.416 e. The highest BCUT2D eigenvalue weighted by atomic mass is 19.4. The molecular formula is C28H26F5N3O. The summed E-state index contributed by atoms with van der Waals surface area (Å²) in [5.41, 5.74) is 1.39. The number of alkyl halides is 3. The second-order valence-electron chi connectivity index (χ2n) is 9.56. The molecule has 3 aromatic rings. The highest BCUT2D eigenvalue weighted by Gasteiger charge is 2.42. The van der Waals surface area contributed by atoms with Crippen molar-refractivity contribution in [1.29, 1.82) is 0 Å². The maximum atomic E-state index is 14.3. The molecule has 0 aromatic heterocycles. The fraction of sp³-hybridized carbons (Fsp3) is 0.321. The van der Waals surface area contributed by atoms with E-state index in [0.717, 1.165) is 37.2 Å². The van der Waals surface area contributed by atoms with Crippen molar-refractivity contribution in [3.05, 3.63) is 95.1 Å². The van der Waals surface area contributed by atoms with Crippen LogP contribution >= 0.6 is 0 Å². The third kappa shape index (κ3) is 5.46. The molecule has 1 amide bonds. The van der Waals surface area contributed by atoms with E-state index in [1.165, 1.54) is 11.6 Å². The van der Waals surface area contributed by atoms with Gasteiger partial charge in [0.25, 0.3) is 0 Å². The number of amides is 1. The van der Waals surface area contributed by atoms with Gasteiger partial charge in [0.05, 0.1) is 23.2 Å².